The van der Waals surface area contributed by atoms with Gasteiger partial charge >= 0.3 is 6.18 Å². The van der Waals surface area contributed by atoms with E-state index in [2.05, 4.69) is 0 Å². The van der Waals surface area contributed by atoms with Crippen molar-refractivity contribution >= 4 is 17.3 Å². The number of anilines is 1. The lowest BCUT2D eigenvalue weighted by Gasteiger charge is -2.26. The SMILES string of the molecule is CCCN(CC(F)(F)F)c1ccc(CN)cc1Cl. The molecule has 2 nitrogen and oxygen atoms in total. The first-order valence-electron chi connectivity index (χ1n) is 5.67. The largest absolute Gasteiger partial charge is 0.405 e. The fraction of sp³-hybridized carbons (Fsp3) is 0.500. The number of nitrogens with zero attached hydrogens (tertiary/aromatic N) is 1. The highest BCUT2D eigenvalue weighted by atomic mass is 35.5. The minimum absolute atomic E-state index is 0.302. The number of alkyl halides is 3. The van der Waals surface area contributed by atoms with E-state index in [1.54, 1.807) is 18.2 Å². The Balaban J connectivity index is 2.98. The van der Waals surface area contributed by atoms with Gasteiger partial charge in [-0.1, -0.05) is 24.6 Å². The van der Waals surface area contributed by atoms with Gasteiger partial charge in [-0.25, -0.2) is 0 Å². The molecule has 0 radical (unpaired) electrons. The van der Waals surface area contributed by atoms with E-state index in [0.29, 0.717) is 30.2 Å². The first kappa shape index (κ1) is 15.1. The maximum Gasteiger partial charge on any atom is 0.405 e. The Morgan fingerprint density at radius 3 is 2.44 bits per heavy atom. The number of rotatable bonds is 5. The van der Waals surface area contributed by atoms with Crippen LogP contribution in [0.25, 0.3) is 0 Å². The summed E-state index contributed by atoms with van der Waals surface area (Å²) in [5.74, 6) is 0. The zero-order valence-corrected chi connectivity index (χ0v) is 10.9. The van der Waals surface area contributed by atoms with Crippen LogP contribution in [0.1, 0.15) is 18.9 Å². The summed E-state index contributed by atoms with van der Waals surface area (Å²) in [7, 11) is 0. The topological polar surface area (TPSA) is 29.3 Å². The molecule has 0 saturated carbocycles. The molecule has 0 aromatic heterocycles. The molecule has 18 heavy (non-hydrogen) atoms. The Hall–Kier alpha value is -0.940. The Bertz CT molecular complexity index is 393. The molecule has 1 aromatic carbocycles. The van der Waals surface area contributed by atoms with Gasteiger partial charge in [-0.05, 0) is 24.1 Å². The fourth-order valence-corrected chi connectivity index (χ4v) is 2.03. The van der Waals surface area contributed by atoms with Crippen molar-refractivity contribution in [3.8, 4) is 0 Å². The van der Waals surface area contributed by atoms with Crippen molar-refractivity contribution in [3.63, 3.8) is 0 Å². The molecule has 0 spiro atoms. The molecule has 2 N–H and O–H groups in total. The summed E-state index contributed by atoms with van der Waals surface area (Å²) in [6.45, 7) is 1.45. The summed E-state index contributed by atoms with van der Waals surface area (Å²) >= 11 is 6.00. The number of halogens is 4. The predicted octanol–water partition coefficient (Wildman–Crippen LogP) is 3.58. The molecule has 0 heterocycles. The molecule has 0 saturated heterocycles. The fourth-order valence-electron chi connectivity index (χ4n) is 1.70. The van der Waals surface area contributed by atoms with E-state index in [0.717, 1.165) is 5.56 Å². The van der Waals surface area contributed by atoms with Gasteiger partial charge in [-0.15, -0.1) is 0 Å². The Kier molecular flexibility index (Phi) is 5.28. The van der Waals surface area contributed by atoms with Crippen molar-refractivity contribution in [2.24, 2.45) is 5.73 Å². The van der Waals surface area contributed by atoms with Gasteiger partial charge in [0.25, 0.3) is 0 Å². The highest BCUT2D eigenvalue weighted by Crippen LogP contribution is 2.29. The normalized spacial score (nSPS) is 11.7. The van der Waals surface area contributed by atoms with Crippen LogP contribution in [0.5, 0.6) is 0 Å². The summed E-state index contributed by atoms with van der Waals surface area (Å²) in [5, 5.41) is 0.302. The highest BCUT2D eigenvalue weighted by Gasteiger charge is 2.31. The minimum atomic E-state index is -4.25. The lowest BCUT2D eigenvalue weighted by molar-refractivity contribution is -0.119. The van der Waals surface area contributed by atoms with Crippen LogP contribution in [0.15, 0.2) is 18.2 Å². The molecule has 0 aliphatic heterocycles. The molecule has 1 aromatic rings. The summed E-state index contributed by atoms with van der Waals surface area (Å²) in [4.78, 5) is 1.24. The van der Waals surface area contributed by atoms with Crippen molar-refractivity contribution in [2.75, 3.05) is 18.0 Å². The summed E-state index contributed by atoms with van der Waals surface area (Å²) in [6, 6.07) is 4.89. The third kappa shape index (κ3) is 4.38. The molecule has 0 atom stereocenters. The van der Waals surface area contributed by atoms with E-state index in [1.807, 2.05) is 6.92 Å². The van der Waals surface area contributed by atoms with E-state index in [4.69, 9.17) is 17.3 Å². The van der Waals surface area contributed by atoms with Gasteiger partial charge in [0.2, 0.25) is 0 Å². The molecule has 0 aliphatic rings. The molecular formula is C12H16ClF3N2. The summed E-state index contributed by atoms with van der Waals surface area (Å²) in [5.41, 5.74) is 6.65. The second-order valence-corrected chi connectivity index (χ2v) is 4.43. The van der Waals surface area contributed by atoms with Crippen LogP contribution in [0.4, 0.5) is 18.9 Å². The van der Waals surface area contributed by atoms with E-state index in [1.165, 1.54) is 4.90 Å². The summed E-state index contributed by atoms with van der Waals surface area (Å²) in [6.07, 6.45) is -3.63. The Labute approximate surface area is 110 Å². The standard InChI is InChI=1S/C12H16ClF3N2/c1-2-5-18(8-12(14,15)16)11-4-3-9(7-17)6-10(11)13/h3-4,6H,2,5,7-8,17H2,1H3. The smallest absolute Gasteiger partial charge is 0.361 e. The molecular weight excluding hydrogens is 265 g/mol. The van der Waals surface area contributed by atoms with E-state index < -0.39 is 12.7 Å². The number of nitrogens with two attached hydrogens (primary N) is 1. The van der Waals surface area contributed by atoms with Gasteiger partial charge in [0.05, 0.1) is 10.7 Å². The summed E-state index contributed by atoms with van der Waals surface area (Å²) < 4.78 is 37.5. The average molecular weight is 281 g/mol. The van der Waals surface area contributed by atoms with Crippen LogP contribution >= 0.6 is 11.6 Å². The molecule has 0 bridgehead atoms. The van der Waals surface area contributed by atoms with Gasteiger partial charge in [0.1, 0.15) is 6.54 Å². The number of hydrogen-bond acceptors (Lipinski definition) is 2. The maximum atomic E-state index is 12.5. The molecule has 0 unspecified atom stereocenters. The number of benzene rings is 1. The maximum absolute atomic E-state index is 12.5. The molecule has 6 heteroatoms. The van der Waals surface area contributed by atoms with Crippen LogP contribution in [0, 0.1) is 0 Å². The lowest BCUT2D eigenvalue weighted by Crippen LogP contribution is -2.35. The van der Waals surface area contributed by atoms with Crippen LogP contribution in [0.3, 0.4) is 0 Å². The van der Waals surface area contributed by atoms with E-state index >= 15 is 0 Å². The van der Waals surface area contributed by atoms with Crippen LogP contribution < -0.4 is 10.6 Å². The zero-order valence-electron chi connectivity index (χ0n) is 10.1. The van der Waals surface area contributed by atoms with Gasteiger partial charge in [-0.2, -0.15) is 13.2 Å². The average Bonchev–Trinajstić information content (AvgIpc) is 2.26. The van der Waals surface area contributed by atoms with E-state index in [9.17, 15) is 13.2 Å². The minimum Gasteiger partial charge on any atom is -0.361 e. The van der Waals surface area contributed by atoms with Gasteiger partial charge in [0.15, 0.2) is 0 Å². The van der Waals surface area contributed by atoms with Crippen molar-refractivity contribution < 1.29 is 13.2 Å². The van der Waals surface area contributed by atoms with Gasteiger partial charge < -0.3 is 10.6 Å². The molecule has 0 aliphatic carbocycles. The molecule has 1 rings (SSSR count). The van der Waals surface area contributed by atoms with Crippen molar-refractivity contribution in [2.45, 2.75) is 26.1 Å². The second-order valence-electron chi connectivity index (χ2n) is 4.03. The highest BCUT2D eigenvalue weighted by molar-refractivity contribution is 6.33. The van der Waals surface area contributed by atoms with Crippen molar-refractivity contribution in [1.29, 1.82) is 0 Å². The first-order chi connectivity index (χ1) is 8.37. The molecule has 0 amide bonds. The van der Waals surface area contributed by atoms with Crippen molar-refractivity contribution in [3.05, 3.63) is 28.8 Å². The Morgan fingerprint density at radius 2 is 2.00 bits per heavy atom. The molecule has 0 fully saturated rings. The van der Waals surface area contributed by atoms with Crippen molar-refractivity contribution in [1.82, 2.24) is 0 Å². The lowest BCUT2D eigenvalue weighted by atomic mass is 10.2. The van der Waals surface area contributed by atoms with Gasteiger partial charge in [0, 0.05) is 13.1 Å². The zero-order chi connectivity index (χ0) is 13.8. The van der Waals surface area contributed by atoms with Crippen LogP contribution in [0.2, 0.25) is 5.02 Å². The first-order valence-corrected chi connectivity index (χ1v) is 6.05. The van der Waals surface area contributed by atoms with E-state index in [-0.39, 0.29) is 0 Å². The van der Waals surface area contributed by atoms with Crippen LogP contribution in [-0.4, -0.2) is 19.3 Å². The van der Waals surface area contributed by atoms with Crippen LogP contribution in [-0.2, 0) is 6.54 Å². The van der Waals surface area contributed by atoms with Gasteiger partial charge in [-0.3, -0.25) is 0 Å². The second kappa shape index (κ2) is 6.29. The predicted molar refractivity (Wildman–Crippen MR) is 67.9 cm³/mol. The number of hydrogen-bond donors (Lipinski definition) is 1. The monoisotopic (exact) mass is 280 g/mol. The molecule has 102 valence electrons. The third-order valence-electron chi connectivity index (χ3n) is 2.45. The Morgan fingerprint density at radius 1 is 1.33 bits per heavy atom. The quantitative estimate of drug-likeness (QED) is 0.893. The third-order valence-corrected chi connectivity index (χ3v) is 2.75.